The van der Waals surface area contributed by atoms with Gasteiger partial charge in [0.1, 0.15) is 12.2 Å². The Hall–Kier alpha value is -0.0600. The van der Waals surface area contributed by atoms with Crippen LogP contribution in [0.2, 0.25) is 0 Å². The lowest BCUT2D eigenvalue weighted by molar-refractivity contribution is 0.102. The van der Waals surface area contributed by atoms with Crippen molar-refractivity contribution in [1.82, 2.24) is 0 Å². The van der Waals surface area contributed by atoms with Crippen molar-refractivity contribution >= 4 is 8.69 Å². The van der Waals surface area contributed by atoms with E-state index in [1.54, 1.807) is 0 Å². The molecule has 70 valence electrons. The van der Waals surface area contributed by atoms with Crippen LogP contribution in [0.15, 0.2) is 0 Å². The molecule has 0 bridgehead atoms. The minimum absolute atomic E-state index is 0.392. The molecule has 2 aliphatic heterocycles. The van der Waals surface area contributed by atoms with Crippen LogP contribution < -0.4 is 0 Å². The second kappa shape index (κ2) is 5.56. The smallest absolute Gasteiger partial charge is 0.324 e. The molecule has 0 aromatic rings. The minimum atomic E-state index is -0.833. The lowest BCUT2D eigenvalue weighted by atomic mass is 10.5. The van der Waals surface area contributed by atoms with Gasteiger partial charge in [-0.1, -0.05) is 0 Å². The normalized spacial score (nSPS) is 30.8. The van der Waals surface area contributed by atoms with Gasteiger partial charge in [-0.05, 0) is 0 Å². The first kappa shape index (κ1) is 10.0. The molecule has 0 saturated carbocycles. The average molecular weight is 194 g/mol. The summed E-state index contributed by atoms with van der Waals surface area (Å²) in [6.07, 6.45) is 0.785. The second-order valence-corrected chi connectivity index (χ2v) is 2.69. The van der Waals surface area contributed by atoms with E-state index in [2.05, 4.69) is 0 Å². The number of ether oxygens (including phenoxy) is 3. The van der Waals surface area contributed by atoms with Gasteiger partial charge in [0.05, 0.1) is 26.4 Å². The molecule has 0 aliphatic carbocycles. The number of epoxide rings is 2. The Labute approximate surface area is 71.9 Å². The third-order valence-corrected chi connectivity index (χ3v) is 1.41. The molecule has 2 heterocycles. The van der Waals surface area contributed by atoms with Crippen molar-refractivity contribution in [3.05, 3.63) is 0 Å². The third-order valence-electron chi connectivity index (χ3n) is 1.41. The van der Waals surface area contributed by atoms with E-state index in [-0.39, 0.29) is 0 Å². The standard InChI is InChI=1S/C6H10O3.HO2P/c1(5-3-8-5)7-2-6-4-9-6;1-3-2/h5-6H,1-4H2;(H,1,2). The molecule has 0 radical (unpaired) electrons. The maximum Gasteiger partial charge on any atom is 0.324 e. The fourth-order valence-corrected chi connectivity index (χ4v) is 0.659. The Morgan fingerprint density at radius 1 is 1.33 bits per heavy atom. The Balaban J connectivity index is 0.000000213. The molecule has 0 aromatic carbocycles. The first-order chi connectivity index (χ1) is 5.86. The predicted molar refractivity (Wildman–Crippen MR) is 40.1 cm³/mol. The van der Waals surface area contributed by atoms with E-state index in [1.165, 1.54) is 0 Å². The van der Waals surface area contributed by atoms with Crippen molar-refractivity contribution in [3.8, 4) is 0 Å². The molecule has 12 heavy (non-hydrogen) atoms. The molecular weight excluding hydrogens is 183 g/mol. The van der Waals surface area contributed by atoms with Gasteiger partial charge in [-0.3, -0.25) is 0 Å². The Morgan fingerprint density at radius 3 is 1.92 bits per heavy atom. The number of rotatable bonds is 4. The quantitative estimate of drug-likeness (QED) is 0.503. The van der Waals surface area contributed by atoms with E-state index in [1.807, 2.05) is 0 Å². The van der Waals surface area contributed by atoms with Crippen molar-refractivity contribution in [2.45, 2.75) is 12.2 Å². The highest BCUT2D eigenvalue weighted by atomic mass is 31.1. The lowest BCUT2D eigenvalue weighted by Crippen LogP contribution is -2.06. The van der Waals surface area contributed by atoms with Crippen molar-refractivity contribution in [3.63, 3.8) is 0 Å². The fraction of sp³-hybridized carbons (Fsp3) is 1.00. The predicted octanol–water partition coefficient (Wildman–Crippen LogP) is -0.0140. The zero-order valence-electron chi connectivity index (χ0n) is 6.51. The third kappa shape index (κ3) is 5.57. The van der Waals surface area contributed by atoms with Gasteiger partial charge in [-0.25, -0.2) is 4.57 Å². The van der Waals surface area contributed by atoms with Crippen LogP contribution in [-0.4, -0.2) is 43.5 Å². The first-order valence-corrected chi connectivity index (χ1v) is 4.41. The van der Waals surface area contributed by atoms with E-state index in [9.17, 15) is 0 Å². The van der Waals surface area contributed by atoms with Gasteiger partial charge in [0, 0.05) is 0 Å². The minimum Gasteiger partial charge on any atom is -0.376 e. The Morgan fingerprint density at radius 2 is 1.67 bits per heavy atom. The van der Waals surface area contributed by atoms with E-state index in [4.69, 9.17) is 23.7 Å². The summed E-state index contributed by atoms with van der Waals surface area (Å²) in [5.74, 6) is 0. The van der Waals surface area contributed by atoms with Crippen LogP contribution in [0.3, 0.4) is 0 Å². The van der Waals surface area contributed by atoms with Crippen LogP contribution in [0.5, 0.6) is 0 Å². The Kier molecular flexibility index (Phi) is 4.65. The molecular formula is C6H11O5P. The molecule has 2 atom stereocenters. The van der Waals surface area contributed by atoms with Crippen LogP contribution in [0, 0.1) is 0 Å². The van der Waals surface area contributed by atoms with Gasteiger partial charge >= 0.3 is 8.69 Å². The fourth-order valence-electron chi connectivity index (χ4n) is 0.659. The molecule has 2 rings (SSSR count). The van der Waals surface area contributed by atoms with Crippen LogP contribution in [0.1, 0.15) is 0 Å². The van der Waals surface area contributed by atoms with Gasteiger partial charge in [0.2, 0.25) is 0 Å². The Bertz CT molecular complexity index is 122. The largest absolute Gasteiger partial charge is 0.376 e. The highest BCUT2D eigenvalue weighted by Gasteiger charge is 2.26. The summed E-state index contributed by atoms with van der Waals surface area (Å²) in [6, 6.07) is 0. The summed E-state index contributed by atoms with van der Waals surface area (Å²) >= 11 is 0. The topological polar surface area (TPSA) is 71.6 Å². The lowest BCUT2D eigenvalue weighted by Gasteiger charge is -1.95. The van der Waals surface area contributed by atoms with Gasteiger partial charge in [-0.2, -0.15) is 0 Å². The maximum atomic E-state index is 8.46. The van der Waals surface area contributed by atoms with E-state index < -0.39 is 8.69 Å². The number of hydrogen-bond acceptors (Lipinski definition) is 4. The molecule has 0 amide bonds. The molecule has 2 saturated heterocycles. The molecule has 1 N–H and O–H groups in total. The van der Waals surface area contributed by atoms with E-state index in [0.717, 1.165) is 26.4 Å². The summed E-state index contributed by atoms with van der Waals surface area (Å²) in [6.45, 7) is 3.26. The van der Waals surface area contributed by atoms with Gasteiger partial charge in [0.15, 0.2) is 0 Å². The summed E-state index contributed by atoms with van der Waals surface area (Å²) in [7, 11) is -0.833. The van der Waals surface area contributed by atoms with Crippen molar-refractivity contribution in [2.75, 3.05) is 26.4 Å². The zero-order valence-corrected chi connectivity index (χ0v) is 7.40. The molecule has 0 spiro atoms. The van der Waals surface area contributed by atoms with Crippen LogP contribution in [-0.2, 0) is 18.8 Å². The molecule has 0 aromatic heterocycles. The highest BCUT2D eigenvalue weighted by Crippen LogP contribution is 2.12. The molecule has 2 aliphatic rings. The van der Waals surface area contributed by atoms with E-state index in [0.29, 0.717) is 12.2 Å². The summed E-state index contributed by atoms with van der Waals surface area (Å²) in [5.41, 5.74) is 0. The number of hydrogen-bond donors (Lipinski definition) is 1. The van der Waals surface area contributed by atoms with Crippen LogP contribution >= 0.6 is 8.69 Å². The summed E-state index contributed by atoms with van der Waals surface area (Å²) < 4.78 is 23.6. The average Bonchev–Trinajstić information content (AvgIpc) is 2.82. The summed E-state index contributed by atoms with van der Waals surface area (Å²) in [4.78, 5) is 6.99. The van der Waals surface area contributed by atoms with Gasteiger partial charge in [-0.15, -0.1) is 0 Å². The molecule has 2 fully saturated rings. The van der Waals surface area contributed by atoms with Crippen LogP contribution in [0.25, 0.3) is 0 Å². The van der Waals surface area contributed by atoms with Crippen molar-refractivity contribution < 1.29 is 23.7 Å². The van der Waals surface area contributed by atoms with Crippen molar-refractivity contribution in [2.24, 2.45) is 0 Å². The van der Waals surface area contributed by atoms with E-state index >= 15 is 0 Å². The molecule has 5 nitrogen and oxygen atoms in total. The van der Waals surface area contributed by atoms with Crippen molar-refractivity contribution in [1.29, 1.82) is 0 Å². The molecule has 6 heteroatoms. The monoisotopic (exact) mass is 194 g/mol. The molecule has 2 unspecified atom stereocenters. The van der Waals surface area contributed by atoms with Gasteiger partial charge in [0.25, 0.3) is 0 Å². The second-order valence-electron chi connectivity index (χ2n) is 2.53. The first-order valence-electron chi connectivity index (χ1n) is 3.64. The zero-order chi connectivity index (χ0) is 8.81. The SMILES string of the molecule is C(OCC1CO1)C1CO1.O=PO. The summed E-state index contributed by atoms with van der Waals surface area (Å²) in [5, 5.41) is 0. The van der Waals surface area contributed by atoms with Gasteiger partial charge < -0.3 is 19.1 Å². The maximum absolute atomic E-state index is 8.46. The van der Waals surface area contributed by atoms with Crippen LogP contribution in [0.4, 0.5) is 0 Å². The highest BCUT2D eigenvalue weighted by molar-refractivity contribution is 7.16.